The van der Waals surface area contributed by atoms with Crippen LogP contribution in [0.2, 0.25) is 0 Å². The van der Waals surface area contributed by atoms with Crippen LogP contribution in [0.3, 0.4) is 0 Å². The Morgan fingerprint density at radius 3 is 2.35 bits per heavy atom. The van der Waals surface area contributed by atoms with E-state index in [9.17, 15) is 0 Å². The first-order chi connectivity index (χ1) is 9.59. The second-order valence-corrected chi connectivity index (χ2v) is 6.56. The highest BCUT2D eigenvalue weighted by molar-refractivity contribution is 5.53. The molecule has 1 aliphatic carbocycles. The summed E-state index contributed by atoms with van der Waals surface area (Å²) in [5, 5.41) is 3.79. The first-order valence-electron chi connectivity index (χ1n) is 8.11. The SMILES string of the molecule is C[C@H](Nc1ccccc1[C@@H](C)N(C)C)C1CCCCC1. The van der Waals surface area contributed by atoms with E-state index in [1.165, 1.54) is 43.4 Å². The molecule has 0 heterocycles. The summed E-state index contributed by atoms with van der Waals surface area (Å²) >= 11 is 0. The summed E-state index contributed by atoms with van der Waals surface area (Å²) in [4.78, 5) is 2.27. The van der Waals surface area contributed by atoms with Crippen molar-refractivity contribution in [3.63, 3.8) is 0 Å². The first kappa shape index (κ1) is 15.4. The third-order valence-electron chi connectivity index (χ3n) is 4.93. The van der Waals surface area contributed by atoms with Crippen LogP contribution < -0.4 is 5.32 Å². The average molecular weight is 274 g/mol. The maximum atomic E-state index is 3.79. The van der Waals surface area contributed by atoms with Gasteiger partial charge in [-0.2, -0.15) is 0 Å². The van der Waals surface area contributed by atoms with Gasteiger partial charge in [0.05, 0.1) is 0 Å². The number of hydrogen-bond donors (Lipinski definition) is 1. The van der Waals surface area contributed by atoms with Gasteiger partial charge in [-0.3, -0.25) is 0 Å². The second kappa shape index (κ2) is 7.12. The van der Waals surface area contributed by atoms with Gasteiger partial charge in [-0.05, 0) is 58.3 Å². The van der Waals surface area contributed by atoms with Crippen molar-refractivity contribution in [2.45, 2.75) is 58.0 Å². The van der Waals surface area contributed by atoms with Crippen LogP contribution in [0.4, 0.5) is 5.69 Å². The highest BCUT2D eigenvalue weighted by atomic mass is 15.1. The zero-order chi connectivity index (χ0) is 14.5. The Balaban J connectivity index is 2.08. The Bertz CT molecular complexity index is 408. The number of anilines is 1. The fraction of sp³-hybridized carbons (Fsp3) is 0.667. The predicted molar refractivity (Wildman–Crippen MR) is 88.2 cm³/mol. The van der Waals surface area contributed by atoms with E-state index in [-0.39, 0.29) is 0 Å². The zero-order valence-corrected chi connectivity index (χ0v) is 13.5. The van der Waals surface area contributed by atoms with Crippen molar-refractivity contribution in [1.29, 1.82) is 0 Å². The molecule has 0 unspecified atom stereocenters. The molecular formula is C18H30N2. The molecule has 20 heavy (non-hydrogen) atoms. The lowest BCUT2D eigenvalue weighted by molar-refractivity contribution is 0.318. The molecule has 0 aliphatic heterocycles. The normalized spacial score (nSPS) is 19.9. The molecule has 1 aliphatic rings. The number of rotatable bonds is 5. The largest absolute Gasteiger partial charge is 0.382 e. The van der Waals surface area contributed by atoms with Gasteiger partial charge in [0.2, 0.25) is 0 Å². The molecule has 2 atom stereocenters. The fourth-order valence-corrected chi connectivity index (χ4v) is 3.27. The van der Waals surface area contributed by atoms with Crippen molar-refractivity contribution in [2.75, 3.05) is 19.4 Å². The third kappa shape index (κ3) is 3.76. The van der Waals surface area contributed by atoms with Gasteiger partial charge >= 0.3 is 0 Å². The van der Waals surface area contributed by atoms with Crippen LogP contribution >= 0.6 is 0 Å². The molecule has 1 saturated carbocycles. The van der Waals surface area contributed by atoms with E-state index in [0.29, 0.717) is 12.1 Å². The van der Waals surface area contributed by atoms with Gasteiger partial charge in [-0.1, -0.05) is 37.5 Å². The van der Waals surface area contributed by atoms with Crippen LogP contribution in [-0.4, -0.2) is 25.0 Å². The number of hydrogen-bond acceptors (Lipinski definition) is 2. The van der Waals surface area contributed by atoms with Gasteiger partial charge in [-0.25, -0.2) is 0 Å². The molecule has 0 saturated heterocycles. The molecule has 1 fully saturated rings. The number of nitrogens with zero attached hydrogens (tertiary/aromatic N) is 1. The summed E-state index contributed by atoms with van der Waals surface area (Å²) in [6.45, 7) is 4.62. The summed E-state index contributed by atoms with van der Waals surface area (Å²) in [7, 11) is 4.29. The summed E-state index contributed by atoms with van der Waals surface area (Å²) in [5.41, 5.74) is 2.71. The molecule has 1 N–H and O–H groups in total. The monoisotopic (exact) mass is 274 g/mol. The molecule has 0 spiro atoms. The van der Waals surface area contributed by atoms with E-state index < -0.39 is 0 Å². The van der Waals surface area contributed by atoms with E-state index >= 15 is 0 Å². The molecule has 0 radical (unpaired) electrons. The standard InChI is InChI=1S/C18H30N2/c1-14(16-10-6-5-7-11-16)19-18-13-9-8-12-17(18)15(2)20(3)4/h8-9,12-16,19H,5-7,10-11H2,1-4H3/t14-,15+/m0/s1. The van der Waals surface area contributed by atoms with Crippen LogP contribution in [0.5, 0.6) is 0 Å². The summed E-state index contributed by atoms with van der Waals surface area (Å²) < 4.78 is 0. The molecule has 1 aromatic carbocycles. The van der Waals surface area contributed by atoms with Crippen molar-refractivity contribution < 1.29 is 0 Å². The quantitative estimate of drug-likeness (QED) is 0.838. The van der Waals surface area contributed by atoms with Crippen molar-refractivity contribution in [2.24, 2.45) is 5.92 Å². The molecule has 2 heteroatoms. The van der Waals surface area contributed by atoms with Gasteiger partial charge in [0.15, 0.2) is 0 Å². The van der Waals surface area contributed by atoms with Gasteiger partial charge < -0.3 is 10.2 Å². The van der Waals surface area contributed by atoms with Crippen molar-refractivity contribution in [3.8, 4) is 0 Å². The molecule has 1 aromatic rings. The van der Waals surface area contributed by atoms with E-state index in [0.717, 1.165) is 5.92 Å². The lowest BCUT2D eigenvalue weighted by Crippen LogP contribution is -2.29. The lowest BCUT2D eigenvalue weighted by Gasteiger charge is -2.31. The highest BCUT2D eigenvalue weighted by Crippen LogP contribution is 2.31. The Morgan fingerprint density at radius 1 is 1.05 bits per heavy atom. The summed E-state index contributed by atoms with van der Waals surface area (Å²) in [6.07, 6.45) is 7.02. The third-order valence-corrected chi connectivity index (χ3v) is 4.93. The van der Waals surface area contributed by atoms with Crippen LogP contribution in [0, 0.1) is 5.92 Å². The van der Waals surface area contributed by atoms with Gasteiger partial charge in [0.25, 0.3) is 0 Å². The summed E-state index contributed by atoms with van der Waals surface area (Å²) in [5.74, 6) is 0.839. The second-order valence-electron chi connectivity index (χ2n) is 6.56. The minimum Gasteiger partial charge on any atom is -0.382 e. The van der Waals surface area contributed by atoms with E-state index in [1.54, 1.807) is 0 Å². The van der Waals surface area contributed by atoms with E-state index in [4.69, 9.17) is 0 Å². The lowest BCUT2D eigenvalue weighted by atomic mass is 9.84. The van der Waals surface area contributed by atoms with Crippen LogP contribution in [0.1, 0.15) is 57.6 Å². The molecule has 0 bridgehead atoms. The first-order valence-corrected chi connectivity index (χ1v) is 8.11. The average Bonchev–Trinajstić information content (AvgIpc) is 2.48. The van der Waals surface area contributed by atoms with Gasteiger partial charge in [-0.15, -0.1) is 0 Å². The Hall–Kier alpha value is -1.02. The number of benzene rings is 1. The van der Waals surface area contributed by atoms with E-state index in [2.05, 4.69) is 62.4 Å². The smallest absolute Gasteiger partial charge is 0.0390 e. The Morgan fingerprint density at radius 2 is 1.70 bits per heavy atom. The molecule has 2 rings (SSSR count). The van der Waals surface area contributed by atoms with Crippen molar-refractivity contribution in [1.82, 2.24) is 4.90 Å². The Labute approximate surface area is 124 Å². The van der Waals surface area contributed by atoms with E-state index in [1.807, 2.05) is 0 Å². The van der Waals surface area contributed by atoms with Crippen LogP contribution in [-0.2, 0) is 0 Å². The van der Waals surface area contributed by atoms with Crippen molar-refractivity contribution in [3.05, 3.63) is 29.8 Å². The minimum atomic E-state index is 0.442. The zero-order valence-electron chi connectivity index (χ0n) is 13.5. The predicted octanol–water partition coefficient (Wildman–Crippen LogP) is 4.69. The maximum absolute atomic E-state index is 3.79. The van der Waals surface area contributed by atoms with Crippen LogP contribution in [0.25, 0.3) is 0 Å². The van der Waals surface area contributed by atoms with Crippen LogP contribution in [0.15, 0.2) is 24.3 Å². The minimum absolute atomic E-state index is 0.442. The maximum Gasteiger partial charge on any atom is 0.0390 e. The number of nitrogens with one attached hydrogen (secondary N) is 1. The molecular weight excluding hydrogens is 244 g/mol. The van der Waals surface area contributed by atoms with Gasteiger partial charge in [0.1, 0.15) is 0 Å². The van der Waals surface area contributed by atoms with Crippen molar-refractivity contribution >= 4 is 5.69 Å². The molecule has 0 amide bonds. The molecule has 112 valence electrons. The Kier molecular flexibility index (Phi) is 5.47. The summed E-state index contributed by atoms with van der Waals surface area (Å²) in [6, 6.07) is 9.78. The fourth-order valence-electron chi connectivity index (χ4n) is 3.27. The highest BCUT2D eigenvalue weighted by Gasteiger charge is 2.21. The van der Waals surface area contributed by atoms with Gasteiger partial charge in [0, 0.05) is 17.8 Å². The molecule has 0 aromatic heterocycles. The topological polar surface area (TPSA) is 15.3 Å². The number of para-hydroxylation sites is 1. The molecule has 2 nitrogen and oxygen atoms in total.